The first kappa shape index (κ1) is 15.5. The van der Waals surface area contributed by atoms with Crippen molar-refractivity contribution in [2.75, 3.05) is 26.2 Å². The molecule has 0 saturated carbocycles. The molecule has 1 aliphatic heterocycles. The Morgan fingerprint density at radius 2 is 2.10 bits per heavy atom. The molecule has 0 fully saturated rings. The fourth-order valence-corrected chi connectivity index (χ4v) is 3.06. The van der Waals surface area contributed by atoms with Gasteiger partial charge in [-0.25, -0.2) is 0 Å². The highest BCUT2D eigenvalue weighted by Gasteiger charge is 2.31. The van der Waals surface area contributed by atoms with Crippen molar-refractivity contribution in [3.8, 4) is 0 Å². The minimum Gasteiger partial charge on any atom is -0.372 e. The lowest BCUT2D eigenvalue weighted by atomic mass is 9.93. The third-order valence-corrected chi connectivity index (χ3v) is 4.83. The van der Waals surface area contributed by atoms with Gasteiger partial charge in [0, 0.05) is 18.6 Å². The second-order valence-corrected chi connectivity index (χ2v) is 5.90. The maximum atomic E-state index is 6.04. The van der Waals surface area contributed by atoms with Crippen molar-refractivity contribution in [1.82, 2.24) is 4.90 Å². The minimum atomic E-state index is 0.0600. The number of rotatable bonds is 6. The number of nitrogens with two attached hydrogens (primary N) is 1. The number of fused-ring (bicyclic) bond motifs is 1. The van der Waals surface area contributed by atoms with Crippen LogP contribution in [0.3, 0.4) is 0 Å². The van der Waals surface area contributed by atoms with Gasteiger partial charge in [0.05, 0.1) is 12.7 Å². The van der Waals surface area contributed by atoms with Gasteiger partial charge in [-0.05, 0) is 37.4 Å². The van der Waals surface area contributed by atoms with Crippen LogP contribution >= 0.6 is 0 Å². The molecule has 0 bridgehead atoms. The zero-order valence-corrected chi connectivity index (χ0v) is 13.1. The molecule has 3 nitrogen and oxygen atoms in total. The van der Waals surface area contributed by atoms with Gasteiger partial charge in [-0.2, -0.15) is 0 Å². The predicted molar refractivity (Wildman–Crippen MR) is 83.8 cm³/mol. The number of hydrogen-bond donors (Lipinski definition) is 1. The van der Waals surface area contributed by atoms with Crippen molar-refractivity contribution in [1.29, 1.82) is 0 Å². The third-order valence-electron chi connectivity index (χ3n) is 4.83. The summed E-state index contributed by atoms with van der Waals surface area (Å²) >= 11 is 0. The Bertz CT molecular complexity index is 429. The van der Waals surface area contributed by atoms with Gasteiger partial charge in [0.25, 0.3) is 0 Å². The summed E-state index contributed by atoms with van der Waals surface area (Å²) in [6.45, 7) is 10.1. The fraction of sp³-hybridized carbons (Fsp3) is 0.647. The van der Waals surface area contributed by atoms with E-state index in [-0.39, 0.29) is 11.6 Å². The van der Waals surface area contributed by atoms with E-state index in [1.807, 2.05) is 0 Å². The Labute approximate surface area is 123 Å². The topological polar surface area (TPSA) is 38.5 Å². The number of hydrogen-bond acceptors (Lipinski definition) is 3. The number of ether oxygens (including phenoxy) is 1. The van der Waals surface area contributed by atoms with Crippen LogP contribution in [0.25, 0.3) is 0 Å². The Morgan fingerprint density at radius 1 is 1.35 bits per heavy atom. The summed E-state index contributed by atoms with van der Waals surface area (Å²) < 4.78 is 6.04. The Morgan fingerprint density at radius 3 is 2.75 bits per heavy atom. The zero-order chi connectivity index (χ0) is 14.6. The van der Waals surface area contributed by atoms with Gasteiger partial charge in [-0.3, -0.25) is 4.90 Å². The maximum Gasteiger partial charge on any atom is 0.0954 e. The van der Waals surface area contributed by atoms with E-state index in [4.69, 9.17) is 10.5 Å². The molecule has 0 aromatic heterocycles. The average Bonchev–Trinajstić information content (AvgIpc) is 2.52. The van der Waals surface area contributed by atoms with Crippen molar-refractivity contribution in [2.45, 2.75) is 45.3 Å². The minimum absolute atomic E-state index is 0.0600. The molecule has 0 spiro atoms. The van der Waals surface area contributed by atoms with E-state index in [1.54, 1.807) is 0 Å². The van der Waals surface area contributed by atoms with Crippen LogP contribution in [-0.2, 0) is 11.2 Å². The van der Waals surface area contributed by atoms with Crippen LogP contribution in [0.15, 0.2) is 24.3 Å². The molecule has 0 saturated heterocycles. The normalized spacial score (nSPS) is 21.6. The average molecular weight is 276 g/mol. The summed E-state index contributed by atoms with van der Waals surface area (Å²) in [4.78, 5) is 2.47. The molecule has 0 aliphatic carbocycles. The highest BCUT2D eigenvalue weighted by Crippen LogP contribution is 2.30. The van der Waals surface area contributed by atoms with Crippen LogP contribution in [0.2, 0.25) is 0 Å². The van der Waals surface area contributed by atoms with Gasteiger partial charge in [0.15, 0.2) is 0 Å². The van der Waals surface area contributed by atoms with Crippen LogP contribution in [0.5, 0.6) is 0 Å². The molecular formula is C17H28N2O. The monoisotopic (exact) mass is 276 g/mol. The fourth-order valence-electron chi connectivity index (χ4n) is 3.06. The molecule has 1 aromatic rings. The molecule has 3 heteroatoms. The summed E-state index contributed by atoms with van der Waals surface area (Å²) in [5.74, 6) is 0. The van der Waals surface area contributed by atoms with Crippen LogP contribution < -0.4 is 5.73 Å². The zero-order valence-electron chi connectivity index (χ0n) is 13.1. The van der Waals surface area contributed by atoms with Crippen LogP contribution in [-0.4, -0.2) is 36.7 Å². The van der Waals surface area contributed by atoms with E-state index < -0.39 is 0 Å². The lowest BCUT2D eigenvalue weighted by Gasteiger charge is -2.42. The quantitative estimate of drug-likeness (QED) is 0.868. The molecule has 1 aliphatic rings. The van der Waals surface area contributed by atoms with E-state index in [2.05, 4.69) is 49.9 Å². The van der Waals surface area contributed by atoms with E-state index >= 15 is 0 Å². The lowest BCUT2D eigenvalue weighted by molar-refractivity contribution is -0.0108. The first-order chi connectivity index (χ1) is 9.64. The summed E-state index contributed by atoms with van der Waals surface area (Å²) in [7, 11) is 0. The molecule has 2 rings (SSSR count). The van der Waals surface area contributed by atoms with Crippen molar-refractivity contribution in [3.63, 3.8) is 0 Å². The number of likely N-dealkylation sites (N-methyl/N-ethyl adjacent to an activating group) is 1. The van der Waals surface area contributed by atoms with Gasteiger partial charge in [-0.15, -0.1) is 0 Å². The van der Waals surface area contributed by atoms with Gasteiger partial charge in [0.1, 0.15) is 0 Å². The van der Waals surface area contributed by atoms with Gasteiger partial charge < -0.3 is 10.5 Å². The highest BCUT2D eigenvalue weighted by molar-refractivity contribution is 5.31. The van der Waals surface area contributed by atoms with Crippen LogP contribution in [0.1, 0.15) is 44.4 Å². The molecule has 2 N–H and O–H groups in total. The second-order valence-electron chi connectivity index (χ2n) is 5.90. The highest BCUT2D eigenvalue weighted by atomic mass is 16.5. The maximum absolute atomic E-state index is 6.04. The second kappa shape index (κ2) is 6.70. The summed E-state index contributed by atoms with van der Waals surface area (Å²) in [6, 6.07) is 8.66. The first-order valence-electron chi connectivity index (χ1n) is 7.79. The molecule has 112 valence electrons. The summed E-state index contributed by atoms with van der Waals surface area (Å²) in [5, 5.41) is 0. The Kier molecular flexibility index (Phi) is 5.19. The van der Waals surface area contributed by atoms with Crippen molar-refractivity contribution < 1.29 is 4.74 Å². The molecular weight excluding hydrogens is 248 g/mol. The molecule has 1 aromatic carbocycles. The largest absolute Gasteiger partial charge is 0.372 e. The van der Waals surface area contributed by atoms with Crippen molar-refractivity contribution >= 4 is 0 Å². The number of nitrogens with zero attached hydrogens (tertiary/aromatic N) is 1. The van der Waals surface area contributed by atoms with Crippen LogP contribution in [0, 0.1) is 0 Å². The summed E-state index contributed by atoms with van der Waals surface area (Å²) in [5.41, 5.74) is 8.86. The predicted octanol–water partition coefficient (Wildman–Crippen LogP) is 2.75. The molecule has 2 unspecified atom stereocenters. The van der Waals surface area contributed by atoms with Gasteiger partial charge >= 0.3 is 0 Å². The summed E-state index contributed by atoms with van der Waals surface area (Å²) in [6.07, 6.45) is 2.27. The van der Waals surface area contributed by atoms with Crippen molar-refractivity contribution in [2.24, 2.45) is 5.73 Å². The molecule has 1 heterocycles. The molecule has 0 amide bonds. The molecule has 2 atom stereocenters. The van der Waals surface area contributed by atoms with Crippen LogP contribution in [0.4, 0.5) is 0 Å². The van der Waals surface area contributed by atoms with E-state index in [0.29, 0.717) is 6.54 Å². The number of benzene rings is 1. The van der Waals surface area contributed by atoms with E-state index in [9.17, 15) is 0 Å². The SMILES string of the molecule is CCN(CC1OCCc2ccccc21)C(C)(CC)CN. The Hall–Kier alpha value is -0.900. The van der Waals surface area contributed by atoms with Gasteiger partial charge in [0.2, 0.25) is 0 Å². The smallest absolute Gasteiger partial charge is 0.0954 e. The van der Waals surface area contributed by atoms with Gasteiger partial charge in [-0.1, -0.05) is 38.1 Å². The van der Waals surface area contributed by atoms with E-state index in [0.717, 1.165) is 32.5 Å². The third kappa shape index (κ3) is 3.05. The Balaban J connectivity index is 2.17. The first-order valence-corrected chi connectivity index (χ1v) is 7.79. The molecule has 0 radical (unpaired) electrons. The van der Waals surface area contributed by atoms with E-state index in [1.165, 1.54) is 11.1 Å². The standard InChI is InChI=1S/C17H28N2O/c1-4-17(3,13-18)19(5-2)12-16-15-9-7-6-8-14(15)10-11-20-16/h6-9,16H,4-5,10-13,18H2,1-3H3. The lowest BCUT2D eigenvalue weighted by Crippen LogP contribution is -2.52. The van der Waals surface area contributed by atoms with Crippen molar-refractivity contribution in [3.05, 3.63) is 35.4 Å². The molecule has 20 heavy (non-hydrogen) atoms.